The van der Waals surface area contributed by atoms with Crippen LogP contribution >= 0.6 is 0 Å². The Hall–Kier alpha value is -3.02. The molecule has 2 aromatic rings. The van der Waals surface area contributed by atoms with E-state index in [0.29, 0.717) is 23.7 Å². The smallest absolute Gasteiger partial charge is 0.276 e. The van der Waals surface area contributed by atoms with Gasteiger partial charge in [-0.3, -0.25) is 20.4 Å². The number of carbonyl (C=O) groups excluding carboxylic acids is 2. The Morgan fingerprint density at radius 1 is 0.923 bits per heavy atom. The molecule has 0 aliphatic rings. The van der Waals surface area contributed by atoms with Gasteiger partial charge < -0.3 is 9.47 Å². The zero-order valence-corrected chi connectivity index (χ0v) is 15.3. The molecule has 2 rings (SSSR count). The van der Waals surface area contributed by atoms with Crippen molar-refractivity contribution in [1.82, 2.24) is 10.9 Å². The van der Waals surface area contributed by atoms with Crippen LogP contribution in [0.15, 0.2) is 42.5 Å². The second-order valence-electron chi connectivity index (χ2n) is 5.83. The molecule has 0 bridgehead atoms. The molecule has 2 aromatic carbocycles. The number of rotatable bonds is 7. The third-order valence-corrected chi connectivity index (χ3v) is 3.82. The van der Waals surface area contributed by atoms with Gasteiger partial charge in [0.05, 0.1) is 12.2 Å². The number of aryl methyl sites for hydroxylation is 1. The Kier molecular flexibility index (Phi) is 7.02. The van der Waals surface area contributed by atoms with Crippen LogP contribution < -0.4 is 20.3 Å². The van der Waals surface area contributed by atoms with Crippen LogP contribution in [0.2, 0.25) is 0 Å². The molecule has 0 aromatic heterocycles. The van der Waals surface area contributed by atoms with Crippen molar-refractivity contribution < 1.29 is 19.1 Å². The lowest BCUT2D eigenvalue weighted by molar-refractivity contribution is -0.123. The lowest BCUT2D eigenvalue weighted by Crippen LogP contribution is -2.44. The van der Waals surface area contributed by atoms with Crippen LogP contribution in [0, 0.1) is 13.8 Å². The standard InChI is InChI=1S/C20H24N2O4/c1-4-12-25-18-10-6-5-9-16(18)20(24)22-21-19(23)13-26-17-11-7-8-14(2)15(17)3/h5-11H,4,12-13H2,1-3H3,(H,21,23)(H,22,24). The fraction of sp³-hybridized carbons (Fsp3) is 0.300. The third-order valence-electron chi connectivity index (χ3n) is 3.82. The van der Waals surface area contributed by atoms with Crippen LogP contribution in [-0.2, 0) is 4.79 Å². The normalized spacial score (nSPS) is 10.1. The molecule has 0 radical (unpaired) electrons. The van der Waals surface area contributed by atoms with Gasteiger partial charge >= 0.3 is 0 Å². The van der Waals surface area contributed by atoms with E-state index >= 15 is 0 Å². The minimum absolute atomic E-state index is 0.196. The van der Waals surface area contributed by atoms with Crippen molar-refractivity contribution in [3.8, 4) is 11.5 Å². The first-order chi connectivity index (χ1) is 12.5. The first-order valence-corrected chi connectivity index (χ1v) is 8.53. The minimum Gasteiger partial charge on any atom is -0.493 e. The second-order valence-corrected chi connectivity index (χ2v) is 5.83. The summed E-state index contributed by atoms with van der Waals surface area (Å²) < 4.78 is 11.1. The largest absolute Gasteiger partial charge is 0.493 e. The summed E-state index contributed by atoms with van der Waals surface area (Å²) in [6, 6.07) is 12.5. The van der Waals surface area contributed by atoms with Gasteiger partial charge in [-0.15, -0.1) is 0 Å². The SMILES string of the molecule is CCCOc1ccccc1C(=O)NNC(=O)COc1cccc(C)c1C. The van der Waals surface area contributed by atoms with Gasteiger partial charge in [-0.1, -0.05) is 31.2 Å². The second kappa shape index (κ2) is 9.46. The minimum atomic E-state index is -0.453. The fourth-order valence-electron chi connectivity index (χ4n) is 2.25. The van der Waals surface area contributed by atoms with Crippen LogP contribution in [0.1, 0.15) is 34.8 Å². The quantitative estimate of drug-likeness (QED) is 0.748. The monoisotopic (exact) mass is 356 g/mol. The molecule has 6 heteroatoms. The van der Waals surface area contributed by atoms with Crippen molar-refractivity contribution in [1.29, 1.82) is 0 Å². The molecular weight excluding hydrogens is 332 g/mol. The highest BCUT2D eigenvalue weighted by Gasteiger charge is 2.13. The van der Waals surface area contributed by atoms with Crippen LogP contribution in [0.4, 0.5) is 0 Å². The van der Waals surface area contributed by atoms with Crippen LogP contribution in [0.25, 0.3) is 0 Å². The van der Waals surface area contributed by atoms with E-state index < -0.39 is 11.8 Å². The van der Waals surface area contributed by atoms with Crippen molar-refractivity contribution in [3.05, 3.63) is 59.2 Å². The highest BCUT2D eigenvalue weighted by Crippen LogP contribution is 2.20. The summed E-state index contributed by atoms with van der Waals surface area (Å²) in [5.74, 6) is 0.223. The number of hydrazine groups is 1. The lowest BCUT2D eigenvalue weighted by Gasteiger charge is -2.13. The van der Waals surface area contributed by atoms with Gasteiger partial charge in [0.1, 0.15) is 11.5 Å². The van der Waals surface area contributed by atoms with Gasteiger partial charge in [-0.05, 0) is 49.6 Å². The first kappa shape index (κ1) is 19.3. The maximum atomic E-state index is 12.3. The van der Waals surface area contributed by atoms with E-state index in [0.717, 1.165) is 17.5 Å². The molecule has 2 N–H and O–H groups in total. The molecule has 0 unspecified atom stereocenters. The molecular formula is C20H24N2O4. The van der Waals surface area contributed by atoms with Crippen LogP contribution in [0.3, 0.4) is 0 Å². The van der Waals surface area contributed by atoms with E-state index in [1.165, 1.54) is 0 Å². The number of nitrogens with one attached hydrogen (secondary N) is 2. The zero-order chi connectivity index (χ0) is 18.9. The zero-order valence-electron chi connectivity index (χ0n) is 15.3. The first-order valence-electron chi connectivity index (χ1n) is 8.53. The third kappa shape index (κ3) is 5.24. The molecule has 0 aliphatic carbocycles. The molecule has 26 heavy (non-hydrogen) atoms. The number of ether oxygens (including phenoxy) is 2. The molecule has 2 amide bonds. The number of hydrogen-bond acceptors (Lipinski definition) is 4. The Labute approximate surface area is 153 Å². The molecule has 0 fully saturated rings. The van der Waals surface area contributed by atoms with E-state index in [-0.39, 0.29) is 6.61 Å². The molecule has 6 nitrogen and oxygen atoms in total. The topological polar surface area (TPSA) is 76.7 Å². The summed E-state index contributed by atoms with van der Waals surface area (Å²) in [7, 11) is 0. The maximum absolute atomic E-state index is 12.3. The van der Waals surface area contributed by atoms with E-state index in [9.17, 15) is 9.59 Å². The molecule has 0 aliphatic heterocycles. The predicted molar refractivity (Wildman–Crippen MR) is 99.2 cm³/mol. The molecule has 0 saturated carbocycles. The van der Waals surface area contributed by atoms with Gasteiger partial charge in [0.2, 0.25) is 0 Å². The summed E-state index contributed by atoms with van der Waals surface area (Å²) in [5.41, 5.74) is 7.15. The maximum Gasteiger partial charge on any atom is 0.276 e. The van der Waals surface area contributed by atoms with Gasteiger partial charge in [-0.25, -0.2) is 0 Å². The highest BCUT2D eigenvalue weighted by molar-refractivity contribution is 5.97. The van der Waals surface area contributed by atoms with Gasteiger partial charge in [0.15, 0.2) is 6.61 Å². The van der Waals surface area contributed by atoms with E-state index in [2.05, 4.69) is 10.9 Å². The molecule has 0 heterocycles. The average Bonchev–Trinajstić information content (AvgIpc) is 2.65. The summed E-state index contributed by atoms with van der Waals surface area (Å²) >= 11 is 0. The Morgan fingerprint density at radius 3 is 2.42 bits per heavy atom. The lowest BCUT2D eigenvalue weighted by atomic mass is 10.1. The highest BCUT2D eigenvalue weighted by atomic mass is 16.5. The molecule has 0 spiro atoms. The number of para-hydroxylation sites is 1. The van der Waals surface area contributed by atoms with Gasteiger partial charge in [0.25, 0.3) is 11.8 Å². The Bertz CT molecular complexity index is 774. The van der Waals surface area contributed by atoms with Crippen LogP contribution in [-0.4, -0.2) is 25.0 Å². The predicted octanol–water partition coefficient (Wildman–Crippen LogP) is 2.93. The van der Waals surface area contributed by atoms with Gasteiger partial charge in [-0.2, -0.15) is 0 Å². The molecule has 0 saturated heterocycles. The summed E-state index contributed by atoms with van der Waals surface area (Å²) in [5, 5.41) is 0. The summed E-state index contributed by atoms with van der Waals surface area (Å²) in [4.78, 5) is 24.2. The van der Waals surface area contributed by atoms with Crippen LogP contribution in [0.5, 0.6) is 11.5 Å². The number of amides is 2. The van der Waals surface area contributed by atoms with Crippen molar-refractivity contribution in [2.45, 2.75) is 27.2 Å². The van der Waals surface area contributed by atoms with Gasteiger partial charge in [0, 0.05) is 0 Å². The summed E-state index contributed by atoms with van der Waals surface area (Å²) in [6.07, 6.45) is 0.836. The van der Waals surface area contributed by atoms with E-state index in [4.69, 9.17) is 9.47 Å². The Balaban J connectivity index is 1.87. The fourth-order valence-corrected chi connectivity index (χ4v) is 2.25. The van der Waals surface area contributed by atoms with E-state index in [1.807, 2.05) is 32.9 Å². The van der Waals surface area contributed by atoms with Crippen molar-refractivity contribution >= 4 is 11.8 Å². The van der Waals surface area contributed by atoms with Crippen molar-refractivity contribution in [3.63, 3.8) is 0 Å². The Morgan fingerprint density at radius 2 is 1.65 bits per heavy atom. The van der Waals surface area contributed by atoms with Crippen molar-refractivity contribution in [2.75, 3.05) is 13.2 Å². The molecule has 138 valence electrons. The summed E-state index contributed by atoms with van der Waals surface area (Å²) in [6.45, 7) is 6.20. The molecule has 0 atom stereocenters. The number of benzene rings is 2. The van der Waals surface area contributed by atoms with Crippen molar-refractivity contribution in [2.24, 2.45) is 0 Å². The number of hydrogen-bond donors (Lipinski definition) is 2. The average molecular weight is 356 g/mol. The van der Waals surface area contributed by atoms with E-state index in [1.54, 1.807) is 30.3 Å². The number of carbonyl (C=O) groups is 2.